The van der Waals surface area contributed by atoms with Crippen molar-refractivity contribution in [3.05, 3.63) is 24.3 Å². The molecule has 0 unspecified atom stereocenters. The Balaban J connectivity index is 0.00000225. The van der Waals surface area contributed by atoms with E-state index in [1.54, 1.807) is 0 Å². The summed E-state index contributed by atoms with van der Waals surface area (Å²) in [5.74, 6) is 4.61. The van der Waals surface area contributed by atoms with E-state index in [9.17, 15) is 17.6 Å². The van der Waals surface area contributed by atoms with E-state index >= 15 is 0 Å². The van der Waals surface area contributed by atoms with Gasteiger partial charge in [0.15, 0.2) is 0 Å². The second-order valence-electron chi connectivity index (χ2n) is 2.64. The van der Waals surface area contributed by atoms with Crippen LogP contribution >= 0.6 is 12.4 Å². The van der Waals surface area contributed by atoms with Gasteiger partial charge in [0.05, 0.1) is 5.69 Å². The summed E-state index contributed by atoms with van der Waals surface area (Å²) in [7, 11) is 0. The van der Waals surface area contributed by atoms with Crippen LogP contribution in [0.3, 0.4) is 0 Å². The molecule has 3 N–H and O–H groups in total. The molecule has 8 heteroatoms. The molecule has 1 aromatic rings. The molecule has 0 saturated heterocycles. The zero-order valence-electron chi connectivity index (χ0n) is 7.79. The Kier molecular flexibility index (Phi) is 5.32. The number of hydrogen-bond acceptors (Lipinski definition) is 3. The third-order valence-corrected chi connectivity index (χ3v) is 1.51. The topological polar surface area (TPSA) is 47.3 Å². The number of nitrogens with one attached hydrogen (secondary N) is 1. The van der Waals surface area contributed by atoms with Crippen LogP contribution < -0.4 is 16.0 Å². The van der Waals surface area contributed by atoms with Gasteiger partial charge in [-0.15, -0.1) is 12.4 Å². The highest BCUT2D eigenvalue weighted by Gasteiger charge is 2.43. The zero-order chi connectivity index (χ0) is 11.5. The molecule has 0 bridgehead atoms. The first-order valence-electron chi connectivity index (χ1n) is 3.87. The van der Waals surface area contributed by atoms with Gasteiger partial charge >= 0.3 is 12.5 Å². The van der Waals surface area contributed by atoms with E-state index in [4.69, 9.17) is 5.84 Å². The van der Waals surface area contributed by atoms with Gasteiger partial charge in [0.1, 0.15) is 5.75 Å². The van der Waals surface area contributed by atoms with E-state index < -0.39 is 18.3 Å². The highest BCUT2D eigenvalue weighted by atomic mass is 35.5. The van der Waals surface area contributed by atoms with Crippen molar-refractivity contribution in [2.75, 3.05) is 5.43 Å². The third-order valence-electron chi connectivity index (χ3n) is 1.51. The second kappa shape index (κ2) is 5.76. The lowest BCUT2D eigenvalue weighted by molar-refractivity contribution is -0.253. The van der Waals surface area contributed by atoms with Crippen LogP contribution in [0.1, 0.15) is 0 Å². The standard InChI is InChI=1S/C8H8F4N2O.ClH/c9-7(10)8(11,12)15-6-3-1-2-5(4-6)14-13;/h1-4,7,14H,13H2;1H. The van der Waals surface area contributed by atoms with Gasteiger partial charge < -0.3 is 10.2 Å². The minimum atomic E-state index is -4.51. The predicted octanol–water partition coefficient (Wildman–Crippen LogP) is 2.63. The van der Waals surface area contributed by atoms with E-state index in [0.717, 1.165) is 12.1 Å². The molecule has 3 nitrogen and oxygen atoms in total. The summed E-state index contributed by atoms with van der Waals surface area (Å²) in [6.07, 6.45) is -8.39. The summed E-state index contributed by atoms with van der Waals surface area (Å²) in [5.41, 5.74) is 2.45. The number of nitrogens with two attached hydrogens (primary N) is 1. The first-order chi connectivity index (χ1) is 6.95. The Morgan fingerprint density at radius 2 is 1.94 bits per heavy atom. The van der Waals surface area contributed by atoms with Crippen molar-refractivity contribution < 1.29 is 22.3 Å². The molecule has 0 radical (unpaired) electrons. The molecule has 1 aromatic carbocycles. The van der Waals surface area contributed by atoms with Crippen LogP contribution in [0.5, 0.6) is 5.75 Å². The number of ether oxygens (including phenoxy) is 1. The van der Waals surface area contributed by atoms with Crippen molar-refractivity contribution in [2.24, 2.45) is 5.84 Å². The predicted molar refractivity (Wildman–Crippen MR) is 53.1 cm³/mol. The minimum Gasteiger partial charge on any atom is -0.428 e. The number of hydrazine groups is 1. The van der Waals surface area contributed by atoms with E-state index in [1.807, 2.05) is 0 Å². The smallest absolute Gasteiger partial charge is 0.428 e. The van der Waals surface area contributed by atoms with Gasteiger partial charge in [0.2, 0.25) is 0 Å². The van der Waals surface area contributed by atoms with Crippen LogP contribution in [0.25, 0.3) is 0 Å². The average molecular weight is 261 g/mol. The summed E-state index contributed by atoms with van der Waals surface area (Å²) in [6.45, 7) is 0. The number of benzene rings is 1. The molecule has 1 rings (SSSR count). The Labute approximate surface area is 94.9 Å². The summed E-state index contributed by atoms with van der Waals surface area (Å²) in [4.78, 5) is 0. The van der Waals surface area contributed by atoms with Crippen molar-refractivity contribution in [1.82, 2.24) is 0 Å². The van der Waals surface area contributed by atoms with Crippen LogP contribution in [-0.2, 0) is 0 Å². The molecule has 0 amide bonds. The van der Waals surface area contributed by atoms with Crippen molar-refractivity contribution >= 4 is 18.1 Å². The summed E-state index contributed by atoms with van der Waals surface area (Å²) in [6, 6.07) is 5.01. The SMILES string of the molecule is Cl.NNc1cccc(OC(F)(F)C(F)F)c1. The molecule has 0 fully saturated rings. The maximum Gasteiger partial charge on any atom is 0.461 e. The van der Waals surface area contributed by atoms with Crippen LogP contribution in [-0.4, -0.2) is 12.5 Å². The van der Waals surface area contributed by atoms with Gasteiger partial charge in [0, 0.05) is 6.07 Å². The normalized spacial score (nSPS) is 10.9. The van der Waals surface area contributed by atoms with E-state index in [0.29, 0.717) is 0 Å². The number of nitrogen functional groups attached to an aromatic ring is 1. The maximum absolute atomic E-state index is 12.4. The number of halogens is 5. The molecule has 0 aliphatic heterocycles. The molecule has 0 aliphatic rings. The van der Waals surface area contributed by atoms with E-state index in [1.165, 1.54) is 12.1 Å². The third kappa shape index (κ3) is 3.74. The summed E-state index contributed by atoms with van der Waals surface area (Å²) < 4.78 is 52.2. The molecule has 0 aliphatic carbocycles. The van der Waals surface area contributed by atoms with Gasteiger partial charge in [0.25, 0.3) is 0 Å². The first-order valence-corrected chi connectivity index (χ1v) is 3.87. The number of anilines is 1. The van der Waals surface area contributed by atoms with E-state index in [-0.39, 0.29) is 18.1 Å². The molecule has 92 valence electrons. The minimum absolute atomic E-state index is 0. The molecule has 0 heterocycles. The second-order valence-corrected chi connectivity index (χ2v) is 2.64. The van der Waals surface area contributed by atoms with Crippen LogP contribution in [0, 0.1) is 0 Å². The first kappa shape index (κ1) is 14.8. The largest absolute Gasteiger partial charge is 0.461 e. The van der Waals surface area contributed by atoms with Crippen LogP contribution in [0.2, 0.25) is 0 Å². The fourth-order valence-corrected chi connectivity index (χ4v) is 0.851. The molecular formula is C8H9ClF4N2O. The average Bonchev–Trinajstić information content (AvgIpc) is 2.17. The Bertz CT molecular complexity index is 338. The van der Waals surface area contributed by atoms with Gasteiger partial charge in [-0.3, -0.25) is 5.84 Å². The van der Waals surface area contributed by atoms with Gasteiger partial charge in [-0.05, 0) is 12.1 Å². The van der Waals surface area contributed by atoms with Gasteiger partial charge in [-0.25, -0.2) is 0 Å². The Morgan fingerprint density at radius 3 is 2.44 bits per heavy atom. The molecule has 0 aromatic heterocycles. The van der Waals surface area contributed by atoms with Gasteiger partial charge in [-0.2, -0.15) is 17.6 Å². The molecule has 0 atom stereocenters. The molecule has 0 saturated carbocycles. The van der Waals surface area contributed by atoms with Crippen molar-refractivity contribution in [2.45, 2.75) is 12.5 Å². The molecule has 16 heavy (non-hydrogen) atoms. The quantitative estimate of drug-likeness (QED) is 0.497. The van der Waals surface area contributed by atoms with Crippen LogP contribution in [0.15, 0.2) is 24.3 Å². The Hall–Kier alpha value is -1.21. The number of hydrogen-bond donors (Lipinski definition) is 2. The van der Waals surface area contributed by atoms with Crippen molar-refractivity contribution in [1.29, 1.82) is 0 Å². The summed E-state index contributed by atoms with van der Waals surface area (Å²) in [5, 5.41) is 0. The molecular weight excluding hydrogens is 252 g/mol. The van der Waals surface area contributed by atoms with Crippen LogP contribution in [0.4, 0.5) is 23.2 Å². The highest BCUT2D eigenvalue weighted by molar-refractivity contribution is 5.85. The zero-order valence-corrected chi connectivity index (χ0v) is 8.61. The fraction of sp³-hybridized carbons (Fsp3) is 0.250. The summed E-state index contributed by atoms with van der Waals surface area (Å²) >= 11 is 0. The monoisotopic (exact) mass is 260 g/mol. The Morgan fingerprint density at radius 1 is 1.31 bits per heavy atom. The van der Waals surface area contributed by atoms with Gasteiger partial charge in [-0.1, -0.05) is 6.07 Å². The highest BCUT2D eigenvalue weighted by Crippen LogP contribution is 2.28. The van der Waals surface area contributed by atoms with Crippen molar-refractivity contribution in [3.63, 3.8) is 0 Å². The maximum atomic E-state index is 12.4. The lowest BCUT2D eigenvalue weighted by Gasteiger charge is -2.17. The van der Waals surface area contributed by atoms with E-state index in [2.05, 4.69) is 10.2 Å². The number of alkyl halides is 4. The molecule has 0 spiro atoms. The lowest BCUT2D eigenvalue weighted by Crippen LogP contribution is -2.33. The van der Waals surface area contributed by atoms with Crippen molar-refractivity contribution in [3.8, 4) is 5.75 Å². The number of rotatable bonds is 4. The lowest BCUT2D eigenvalue weighted by atomic mass is 10.3. The fourth-order valence-electron chi connectivity index (χ4n) is 0.851.